The molecule has 1 aliphatic rings. The van der Waals surface area contributed by atoms with E-state index < -0.39 is 6.10 Å². The maximum Gasteiger partial charge on any atom is 0.280 e. The summed E-state index contributed by atoms with van der Waals surface area (Å²) in [5.41, 5.74) is 0.553. The minimum atomic E-state index is -0.413. The Morgan fingerprint density at radius 2 is 2.39 bits per heavy atom. The van der Waals surface area contributed by atoms with Crippen molar-refractivity contribution in [1.82, 2.24) is 25.1 Å². The van der Waals surface area contributed by atoms with Crippen molar-refractivity contribution in [2.75, 3.05) is 0 Å². The molecule has 1 N–H and O–H groups in total. The first-order valence-electron chi connectivity index (χ1n) is 6.18. The molecule has 1 fully saturated rings. The molecule has 2 heterocycles. The molecule has 0 spiro atoms. The van der Waals surface area contributed by atoms with Gasteiger partial charge in [-0.1, -0.05) is 17.3 Å². The van der Waals surface area contributed by atoms with Gasteiger partial charge in [0.25, 0.3) is 5.89 Å². The Kier molecular flexibility index (Phi) is 2.83. The van der Waals surface area contributed by atoms with Crippen molar-refractivity contribution in [3.63, 3.8) is 0 Å². The highest BCUT2D eigenvalue weighted by Crippen LogP contribution is 2.38. The molecule has 7 heteroatoms. The fourth-order valence-electron chi connectivity index (χ4n) is 1.68. The molecule has 7 nitrogen and oxygen atoms in total. The molecule has 1 saturated carbocycles. The van der Waals surface area contributed by atoms with E-state index in [9.17, 15) is 5.11 Å². The van der Waals surface area contributed by atoms with E-state index in [0.717, 1.165) is 18.7 Å². The van der Waals surface area contributed by atoms with Gasteiger partial charge < -0.3 is 9.63 Å². The Morgan fingerprint density at radius 3 is 3.11 bits per heavy atom. The second-order valence-corrected chi connectivity index (χ2v) is 4.62. The molecule has 0 aromatic carbocycles. The maximum absolute atomic E-state index is 9.54. The molecule has 96 valence electrons. The van der Waals surface area contributed by atoms with Crippen molar-refractivity contribution in [3.05, 3.63) is 12.0 Å². The third-order valence-electron chi connectivity index (χ3n) is 3.01. The highest BCUT2D eigenvalue weighted by molar-refractivity contribution is 5.43. The molecule has 0 saturated heterocycles. The third-order valence-corrected chi connectivity index (χ3v) is 3.01. The summed E-state index contributed by atoms with van der Waals surface area (Å²) in [7, 11) is 0. The molecular weight excluding hydrogens is 234 g/mol. The first-order chi connectivity index (χ1) is 8.76. The summed E-state index contributed by atoms with van der Waals surface area (Å²) in [4.78, 5) is 4.30. The van der Waals surface area contributed by atoms with Crippen LogP contribution in [0, 0.1) is 0 Å². The molecule has 18 heavy (non-hydrogen) atoms. The topological polar surface area (TPSA) is 89.9 Å². The summed E-state index contributed by atoms with van der Waals surface area (Å²) < 4.78 is 6.74. The van der Waals surface area contributed by atoms with Gasteiger partial charge in [-0.25, -0.2) is 4.68 Å². The lowest BCUT2D eigenvalue weighted by Gasteiger charge is -2.05. The zero-order valence-corrected chi connectivity index (χ0v) is 10.2. The Hall–Kier alpha value is -1.76. The second kappa shape index (κ2) is 4.49. The summed E-state index contributed by atoms with van der Waals surface area (Å²) in [6, 6.07) is 0. The molecule has 0 aliphatic heterocycles. The summed E-state index contributed by atoms with van der Waals surface area (Å²) in [6.07, 6.45) is 4.25. The minimum absolute atomic E-state index is 0.397. The first kappa shape index (κ1) is 11.3. The molecule has 3 rings (SSSR count). The number of aliphatic hydroxyl groups excluding tert-OH is 1. The van der Waals surface area contributed by atoms with E-state index in [1.165, 1.54) is 0 Å². The highest BCUT2D eigenvalue weighted by Gasteiger charge is 2.29. The zero-order valence-electron chi connectivity index (χ0n) is 10.2. The van der Waals surface area contributed by atoms with Crippen LogP contribution in [0.3, 0.4) is 0 Å². The van der Waals surface area contributed by atoms with E-state index in [-0.39, 0.29) is 0 Å². The van der Waals surface area contributed by atoms with E-state index in [4.69, 9.17) is 4.52 Å². The second-order valence-electron chi connectivity index (χ2n) is 4.62. The Labute approximate surface area is 104 Å². The minimum Gasteiger partial charge on any atom is -0.391 e. The molecule has 1 aliphatic carbocycles. The van der Waals surface area contributed by atoms with Gasteiger partial charge in [0.2, 0.25) is 0 Å². The zero-order chi connectivity index (χ0) is 12.5. The van der Waals surface area contributed by atoms with Crippen LogP contribution in [0.2, 0.25) is 0 Å². The van der Waals surface area contributed by atoms with Gasteiger partial charge in [0.1, 0.15) is 0 Å². The van der Waals surface area contributed by atoms with Crippen LogP contribution in [0.5, 0.6) is 0 Å². The van der Waals surface area contributed by atoms with Gasteiger partial charge >= 0.3 is 0 Å². The number of aromatic nitrogens is 5. The smallest absolute Gasteiger partial charge is 0.280 e. The van der Waals surface area contributed by atoms with E-state index >= 15 is 0 Å². The summed E-state index contributed by atoms with van der Waals surface area (Å²) in [6.45, 7) is 2.34. The SMILES string of the molecule is CCC(O)Cn1cc(-c2nc(C3CC3)no2)nn1. The molecule has 0 radical (unpaired) electrons. The predicted octanol–water partition coefficient (Wildman–Crippen LogP) is 0.976. The number of hydrogen-bond donors (Lipinski definition) is 1. The van der Waals surface area contributed by atoms with Crippen molar-refractivity contribution in [3.8, 4) is 11.6 Å². The molecule has 2 aromatic rings. The number of rotatable bonds is 5. The molecule has 0 amide bonds. The van der Waals surface area contributed by atoms with Gasteiger partial charge in [0.15, 0.2) is 11.5 Å². The van der Waals surface area contributed by atoms with Crippen LogP contribution < -0.4 is 0 Å². The van der Waals surface area contributed by atoms with Crippen LogP contribution in [0.4, 0.5) is 0 Å². The van der Waals surface area contributed by atoms with Crippen molar-refractivity contribution >= 4 is 0 Å². The Balaban J connectivity index is 1.74. The first-order valence-corrected chi connectivity index (χ1v) is 6.18. The summed E-state index contributed by atoms with van der Waals surface area (Å²) >= 11 is 0. The quantitative estimate of drug-likeness (QED) is 0.849. The van der Waals surface area contributed by atoms with Crippen LogP contribution >= 0.6 is 0 Å². The van der Waals surface area contributed by atoms with E-state index in [1.54, 1.807) is 10.9 Å². The molecule has 0 bridgehead atoms. The Bertz CT molecular complexity index is 531. The lowest BCUT2D eigenvalue weighted by molar-refractivity contribution is 0.144. The summed E-state index contributed by atoms with van der Waals surface area (Å²) in [5, 5.41) is 21.4. The van der Waals surface area contributed by atoms with Gasteiger partial charge in [-0.15, -0.1) is 5.10 Å². The molecular formula is C11H15N5O2. The van der Waals surface area contributed by atoms with Crippen LogP contribution in [0.15, 0.2) is 10.7 Å². The average Bonchev–Trinajstić information content (AvgIpc) is 2.92. The van der Waals surface area contributed by atoms with Crippen LogP contribution in [0.25, 0.3) is 11.6 Å². The molecule has 2 aromatic heterocycles. The van der Waals surface area contributed by atoms with Crippen LogP contribution in [-0.4, -0.2) is 36.3 Å². The van der Waals surface area contributed by atoms with Crippen molar-refractivity contribution in [1.29, 1.82) is 0 Å². The van der Waals surface area contributed by atoms with Gasteiger partial charge in [-0.05, 0) is 19.3 Å². The predicted molar refractivity (Wildman–Crippen MR) is 61.6 cm³/mol. The van der Waals surface area contributed by atoms with Gasteiger partial charge in [-0.3, -0.25) is 0 Å². The molecule has 1 atom stereocenters. The maximum atomic E-state index is 9.54. The van der Waals surface area contributed by atoms with Crippen LogP contribution in [0.1, 0.15) is 37.9 Å². The Morgan fingerprint density at radius 1 is 1.56 bits per heavy atom. The third kappa shape index (κ3) is 2.26. The fraction of sp³-hybridized carbons (Fsp3) is 0.636. The lowest BCUT2D eigenvalue weighted by atomic mass is 10.3. The monoisotopic (exact) mass is 249 g/mol. The number of aliphatic hydroxyl groups is 1. The normalized spacial score (nSPS) is 17.0. The van der Waals surface area contributed by atoms with Crippen molar-refractivity contribution in [2.45, 2.75) is 44.8 Å². The van der Waals surface area contributed by atoms with Crippen molar-refractivity contribution in [2.24, 2.45) is 0 Å². The highest BCUT2D eigenvalue weighted by atomic mass is 16.5. The lowest BCUT2D eigenvalue weighted by Crippen LogP contribution is -2.15. The standard InChI is InChI=1S/C11H15N5O2/c1-2-8(17)5-16-6-9(13-15-16)11-12-10(14-18-11)7-3-4-7/h6-8,17H,2-5H2,1H3. The average molecular weight is 249 g/mol. The fourth-order valence-corrected chi connectivity index (χ4v) is 1.68. The van der Waals surface area contributed by atoms with E-state index in [1.807, 2.05) is 6.92 Å². The van der Waals surface area contributed by atoms with Gasteiger partial charge in [-0.2, -0.15) is 4.98 Å². The summed E-state index contributed by atoms with van der Waals surface area (Å²) in [5.74, 6) is 1.61. The number of hydrogen-bond acceptors (Lipinski definition) is 6. The van der Waals surface area contributed by atoms with Crippen LogP contribution in [-0.2, 0) is 6.54 Å². The van der Waals surface area contributed by atoms with E-state index in [2.05, 4.69) is 20.5 Å². The van der Waals surface area contributed by atoms with Gasteiger partial charge in [0.05, 0.1) is 18.8 Å². The van der Waals surface area contributed by atoms with E-state index in [0.29, 0.717) is 30.5 Å². The largest absolute Gasteiger partial charge is 0.391 e. The molecule has 1 unspecified atom stereocenters. The van der Waals surface area contributed by atoms with Crippen molar-refractivity contribution < 1.29 is 9.63 Å². The number of nitrogens with zero attached hydrogens (tertiary/aromatic N) is 5. The van der Waals surface area contributed by atoms with Gasteiger partial charge in [0, 0.05) is 5.92 Å².